The van der Waals surface area contributed by atoms with Crippen molar-refractivity contribution in [2.45, 2.75) is 45.6 Å². The summed E-state index contributed by atoms with van der Waals surface area (Å²) in [5, 5.41) is 1.08. The zero-order chi connectivity index (χ0) is 24.4. The molecule has 0 aliphatic carbocycles. The topological polar surface area (TPSA) is 71.7 Å². The van der Waals surface area contributed by atoms with E-state index in [1.54, 1.807) is 0 Å². The molecule has 35 heavy (non-hydrogen) atoms. The molecule has 2 unspecified atom stereocenters. The Kier molecular flexibility index (Phi) is 6.91. The van der Waals surface area contributed by atoms with Gasteiger partial charge in [-0.1, -0.05) is 44.0 Å². The van der Waals surface area contributed by atoms with Crippen LogP contribution in [-0.4, -0.2) is 49.1 Å². The molecule has 6 heteroatoms. The minimum absolute atomic E-state index is 0.108. The number of likely N-dealkylation sites (tertiary alicyclic amines) is 1. The van der Waals surface area contributed by atoms with Crippen molar-refractivity contribution in [3.8, 4) is 11.1 Å². The quantitative estimate of drug-likeness (QED) is 0.491. The van der Waals surface area contributed by atoms with Crippen molar-refractivity contribution in [3.05, 3.63) is 53.6 Å². The first-order valence-corrected chi connectivity index (χ1v) is 12.9. The SMILES string of the molecule is CCCC1CCN(C=O)C(c2cccc(C)c2-c2ccc3nc(N)c(N4CCOCC4)cc3c2)C1. The molecule has 5 rings (SSSR count). The maximum atomic E-state index is 12.0. The Morgan fingerprint density at radius 1 is 1.14 bits per heavy atom. The van der Waals surface area contributed by atoms with Crippen molar-refractivity contribution < 1.29 is 9.53 Å². The third-order valence-corrected chi connectivity index (χ3v) is 7.71. The fraction of sp³-hybridized carbons (Fsp3) is 0.448. The highest BCUT2D eigenvalue weighted by atomic mass is 16.5. The Morgan fingerprint density at radius 3 is 2.74 bits per heavy atom. The summed E-state index contributed by atoms with van der Waals surface area (Å²) >= 11 is 0. The molecule has 1 amide bonds. The first kappa shape index (κ1) is 23.6. The number of benzene rings is 2. The van der Waals surface area contributed by atoms with E-state index in [0.29, 0.717) is 24.9 Å². The second kappa shape index (κ2) is 10.2. The van der Waals surface area contributed by atoms with Crippen LogP contribution in [0.2, 0.25) is 0 Å². The lowest BCUT2D eigenvalue weighted by Crippen LogP contribution is -2.36. The number of hydrogen-bond donors (Lipinski definition) is 1. The van der Waals surface area contributed by atoms with Crippen LogP contribution in [0.25, 0.3) is 22.0 Å². The molecule has 0 saturated carbocycles. The van der Waals surface area contributed by atoms with Gasteiger partial charge in [0.05, 0.1) is 30.5 Å². The first-order valence-electron chi connectivity index (χ1n) is 12.9. The Morgan fingerprint density at radius 2 is 1.97 bits per heavy atom. The number of anilines is 2. The molecule has 3 heterocycles. The average Bonchev–Trinajstić information content (AvgIpc) is 2.88. The van der Waals surface area contributed by atoms with Gasteiger partial charge in [-0.2, -0.15) is 0 Å². The number of carbonyl (C=O) groups is 1. The van der Waals surface area contributed by atoms with Crippen LogP contribution in [0.3, 0.4) is 0 Å². The number of piperidine rings is 1. The van der Waals surface area contributed by atoms with Gasteiger partial charge in [0.2, 0.25) is 6.41 Å². The molecule has 6 nitrogen and oxygen atoms in total. The van der Waals surface area contributed by atoms with Crippen molar-refractivity contribution in [1.29, 1.82) is 0 Å². The molecular formula is C29H36N4O2. The van der Waals surface area contributed by atoms with Gasteiger partial charge in [0.25, 0.3) is 0 Å². The molecule has 184 valence electrons. The van der Waals surface area contributed by atoms with E-state index < -0.39 is 0 Å². The lowest BCUT2D eigenvalue weighted by Gasteiger charge is -2.38. The van der Waals surface area contributed by atoms with Gasteiger partial charge in [-0.05, 0) is 66.1 Å². The maximum Gasteiger partial charge on any atom is 0.210 e. The van der Waals surface area contributed by atoms with Crippen molar-refractivity contribution in [3.63, 3.8) is 0 Å². The summed E-state index contributed by atoms with van der Waals surface area (Å²) in [5.41, 5.74) is 13.1. The predicted molar refractivity (Wildman–Crippen MR) is 143 cm³/mol. The van der Waals surface area contributed by atoms with Crippen LogP contribution >= 0.6 is 0 Å². The van der Waals surface area contributed by atoms with Gasteiger partial charge in [0, 0.05) is 25.0 Å². The van der Waals surface area contributed by atoms with Gasteiger partial charge in [0.15, 0.2) is 0 Å². The number of rotatable bonds is 6. The summed E-state index contributed by atoms with van der Waals surface area (Å²) in [6, 6.07) is 15.2. The van der Waals surface area contributed by atoms with Gasteiger partial charge in [-0.15, -0.1) is 0 Å². The minimum Gasteiger partial charge on any atom is -0.382 e. The number of hydrogen-bond acceptors (Lipinski definition) is 5. The largest absolute Gasteiger partial charge is 0.382 e. The van der Waals surface area contributed by atoms with Crippen molar-refractivity contribution in [2.75, 3.05) is 43.5 Å². The zero-order valence-corrected chi connectivity index (χ0v) is 20.9. The number of carbonyl (C=O) groups excluding carboxylic acids is 1. The molecule has 3 aromatic rings. The number of amides is 1. The van der Waals surface area contributed by atoms with Crippen molar-refractivity contribution in [2.24, 2.45) is 5.92 Å². The van der Waals surface area contributed by atoms with Crippen LogP contribution in [0.15, 0.2) is 42.5 Å². The smallest absolute Gasteiger partial charge is 0.210 e. The second-order valence-corrected chi connectivity index (χ2v) is 9.98. The molecule has 0 radical (unpaired) electrons. The normalized spacial score (nSPS) is 20.9. The number of aromatic nitrogens is 1. The Bertz CT molecular complexity index is 1200. The number of aryl methyl sites for hydroxylation is 1. The average molecular weight is 473 g/mol. The van der Waals surface area contributed by atoms with E-state index in [9.17, 15) is 4.79 Å². The fourth-order valence-electron chi connectivity index (χ4n) is 5.91. The highest BCUT2D eigenvalue weighted by Gasteiger charge is 2.30. The molecule has 2 aromatic carbocycles. The van der Waals surface area contributed by atoms with Gasteiger partial charge in [-0.25, -0.2) is 4.98 Å². The highest BCUT2D eigenvalue weighted by Crippen LogP contribution is 2.41. The van der Waals surface area contributed by atoms with E-state index in [4.69, 9.17) is 15.5 Å². The second-order valence-electron chi connectivity index (χ2n) is 9.98. The number of nitrogen functional groups attached to an aromatic ring is 1. The standard InChI is InChI=1S/C29H36N4O2/c1-3-5-21-10-11-33(19-34)26(16-21)24-7-4-6-20(2)28(24)22-8-9-25-23(17-22)18-27(29(30)31-25)32-12-14-35-15-13-32/h4,6-9,17-19,21,26H,3,5,10-16H2,1-2H3,(H2,30,31). The number of ether oxygens (including phenoxy) is 1. The maximum absolute atomic E-state index is 12.0. The molecule has 2 fully saturated rings. The molecule has 1 aromatic heterocycles. The van der Waals surface area contributed by atoms with Crippen LogP contribution in [0, 0.1) is 12.8 Å². The number of fused-ring (bicyclic) bond motifs is 1. The summed E-state index contributed by atoms with van der Waals surface area (Å²) < 4.78 is 5.52. The first-order chi connectivity index (χ1) is 17.1. The van der Waals surface area contributed by atoms with E-state index in [-0.39, 0.29) is 6.04 Å². The molecular weight excluding hydrogens is 436 g/mol. The summed E-state index contributed by atoms with van der Waals surface area (Å²) in [6.45, 7) is 8.30. The van der Waals surface area contributed by atoms with Gasteiger partial charge in [0.1, 0.15) is 5.82 Å². The van der Waals surface area contributed by atoms with E-state index in [2.05, 4.69) is 61.2 Å². The highest BCUT2D eigenvalue weighted by molar-refractivity contribution is 5.91. The van der Waals surface area contributed by atoms with Crippen LogP contribution in [0.1, 0.15) is 49.8 Å². The lowest BCUT2D eigenvalue weighted by atomic mass is 9.81. The van der Waals surface area contributed by atoms with Gasteiger partial charge >= 0.3 is 0 Å². The van der Waals surface area contributed by atoms with Crippen molar-refractivity contribution in [1.82, 2.24) is 9.88 Å². The molecule has 0 bridgehead atoms. The third kappa shape index (κ3) is 4.72. The summed E-state index contributed by atoms with van der Waals surface area (Å²) in [4.78, 5) is 21.0. The van der Waals surface area contributed by atoms with Gasteiger partial charge < -0.3 is 20.3 Å². The number of morpholine rings is 1. The van der Waals surface area contributed by atoms with E-state index in [0.717, 1.165) is 61.0 Å². The summed E-state index contributed by atoms with van der Waals surface area (Å²) in [6.07, 6.45) is 5.57. The van der Waals surface area contributed by atoms with E-state index >= 15 is 0 Å². The monoisotopic (exact) mass is 472 g/mol. The Labute approximate surface area is 208 Å². The zero-order valence-electron chi connectivity index (χ0n) is 20.9. The van der Waals surface area contributed by atoms with Crippen LogP contribution < -0.4 is 10.6 Å². The molecule has 0 spiro atoms. The number of nitrogens with zero attached hydrogens (tertiary/aromatic N) is 3. The van der Waals surface area contributed by atoms with Gasteiger partial charge in [-0.3, -0.25) is 4.79 Å². The lowest BCUT2D eigenvalue weighted by molar-refractivity contribution is -0.122. The molecule has 2 N–H and O–H groups in total. The van der Waals surface area contributed by atoms with E-state index in [1.807, 2.05) is 4.90 Å². The van der Waals surface area contributed by atoms with Crippen molar-refractivity contribution >= 4 is 28.8 Å². The number of pyridine rings is 1. The predicted octanol–water partition coefficient (Wildman–Crippen LogP) is 5.34. The van der Waals surface area contributed by atoms with Crippen LogP contribution in [0.5, 0.6) is 0 Å². The molecule has 2 aliphatic rings. The van der Waals surface area contributed by atoms with Crippen LogP contribution in [0.4, 0.5) is 11.5 Å². The van der Waals surface area contributed by atoms with Crippen LogP contribution in [-0.2, 0) is 9.53 Å². The fourth-order valence-corrected chi connectivity index (χ4v) is 5.91. The Balaban J connectivity index is 1.57. The Hall–Kier alpha value is -3.12. The van der Waals surface area contributed by atoms with E-state index in [1.165, 1.54) is 29.5 Å². The third-order valence-electron chi connectivity index (χ3n) is 7.71. The molecule has 2 saturated heterocycles. The molecule has 2 aliphatic heterocycles. The summed E-state index contributed by atoms with van der Waals surface area (Å²) in [7, 11) is 0. The minimum atomic E-state index is 0.108. The summed E-state index contributed by atoms with van der Waals surface area (Å²) in [5.74, 6) is 1.23. The number of nitrogens with two attached hydrogens (primary N) is 1. The molecule has 2 atom stereocenters.